The highest BCUT2D eigenvalue weighted by atomic mass is 32.2. The molecule has 1 heterocycles. The zero-order chi connectivity index (χ0) is 13.0. The van der Waals surface area contributed by atoms with Gasteiger partial charge in [-0.1, -0.05) is 30.3 Å². The van der Waals surface area contributed by atoms with E-state index in [1.54, 1.807) is 0 Å². The summed E-state index contributed by atoms with van der Waals surface area (Å²) in [6.07, 6.45) is 1.71. The Balaban J connectivity index is 1.95. The second-order valence-corrected chi connectivity index (χ2v) is 6.69. The van der Waals surface area contributed by atoms with Crippen LogP contribution in [0.15, 0.2) is 30.3 Å². The second-order valence-electron chi connectivity index (χ2n) is 4.94. The van der Waals surface area contributed by atoms with Gasteiger partial charge in [-0.3, -0.25) is 0 Å². The molecule has 0 amide bonds. The smallest absolute Gasteiger partial charge is 0.216 e. The maximum Gasteiger partial charge on any atom is 0.216 e. The van der Waals surface area contributed by atoms with E-state index in [9.17, 15) is 8.42 Å². The molecule has 1 aromatic carbocycles. The van der Waals surface area contributed by atoms with Gasteiger partial charge in [-0.2, -0.15) is 0 Å². The first-order valence-electron chi connectivity index (χ1n) is 6.32. The Kier molecular flexibility index (Phi) is 4.37. The van der Waals surface area contributed by atoms with Gasteiger partial charge in [0.15, 0.2) is 0 Å². The molecule has 100 valence electrons. The van der Waals surface area contributed by atoms with Crippen molar-refractivity contribution in [2.45, 2.75) is 37.6 Å². The zero-order valence-corrected chi connectivity index (χ0v) is 11.4. The first-order valence-corrected chi connectivity index (χ1v) is 7.98. The average Bonchev–Trinajstić information content (AvgIpc) is 2.28. The molecule has 1 aliphatic heterocycles. The predicted molar refractivity (Wildman–Crippen MR) is 72.7 cm³/mol. The van der Waals surface area contributed by atoms with E-state index < -0.39 is 10.0 Å². The van der Waals surface area contributed by atoms with Crippen LogP contribution in [0.3, 0.4) is 0 Å². The molecule has 2 N–H and O–H groups in total. The summed E-state index contributed by atoms with van der Waals surface area (Å²) in [5.41, 5.74) is 0.826. The largest absolute Gasteiger partial charge is 0.314 e. The Morgan fingerprint density at radius 3 is 2.72 bits per heavy atom. The molecule has 1 fully saturated rings. The summed E-state index contributed by atoms with van der Waals surface area (Å²) in [5, 5.41) is 3.31. The maximum atomic E-state index is 12.0. The Morgan fingerprint density at radius 2 is 2.06 bits per heavy atom. The van der Waals surface area contributed by atoms with Crippen LogP contribution >= 0.6 is 0 Å². The first kappa shape index (κ1) is 13.5. The van der Waals surface area contributed by atoms with Gasteiger partial charge in [0.05, 0.1) is 5.75 Å². The number of hydrogen-bond acceptors (Lipinski definition) is 3. The van der Waals surface area contributed by atoms with Gasteiger partial charge in [0.2, 0.25) is 10.0 Å². The lowest BCUT2D eigenvalue weighted by Gasteiger charge is -2.28. The molecule has 0 bridgehead atoms. The van der Waals surface area contributed by atoms with Crippen LogP contribution in [-0.4, -0.2) is 27.0 Å². The summed E-state index contributed by atoms with van der Waals surface area (Å²) in [6, 6.07) is 9.72. The van der Waals surface area contributed by atoms with Gasteiger partial charge < -0.3 is 5.32 Å². The van der Waals surface area contributed by atoms with Gasteiger partial charge in [-0.05, 0) is 31.9 Å². The van der Waals surface area contributed by atoms with Crippen molar-refractivity contribution in [1.82, 2.24) is 10.0 Å². The summed E-state index contributed by atoms with van der Waals surface area (Å²) in [4.78, 5) is 0. The van der Waals surface area contributed by atoms with Crippen molar-refractivity contribution in [3.8, 4) is 0 Å². The monoisotopic (exact) mass is 268 g/mol. The standard InChI is InChI=1S/C13H20N2O2S/c1-11-9-13(7-8-14-11)15-18(16,17)10-12-5-3-2-4-6-12/h2-6,11,13-15H,7-10H2,1H3. The van der Waals surface area contributed by atoms with Crippen LogP contribution in [0.2, 0.25) is 0 Å². The van der Waals surface area contributed by atoms with Crippen molar-refractivity contribution in [3.05, 3.63) is 35.9 Å². The van der Waals surface area contributed by atoms with Gasteiger partial charge in [0.25, 0.3) is 0 Å². The maximum absolute atomic E-state index is 12.0. The van der Waals surface area contributed by atoms with Crippen molar-refractivity contribution in [2.75, 3.05) is 6.54 Å². The van der Waals surface area contributed by atoms with E-state index in [0.29, 0.717) is 6.04 Å². The van der Waals surface area contributed by atoms with E-state index in [4.69, 9.17) is 0 Å². The zero-order valence-electron chi connectivity index (χ0n) is 10.6. The van der Waals surface area contributed by atoms with Crippen LogP contribution in [0, 0.1) is 0 Å². The number of benzene rings is 1. The van der Waals surface area contributed by atoms with Gasteiger partial charge >= 0.3 is 0 Å². The third-order valence-electron chi connectivity index (χ3n) is 3.17. The molecular formula is C13H20N2O2S. The van der Waals surface area contributed by atoms with Gasteiger partial charge in [-0.15, -0.1) is 0 Å². The molecule has 0 aliphatic carbocycles. The van der Waals surface area contributed by atoms with Crippen LogP contribution in [0.4, 0.5) is 0 Å². The molecule has 1 saturated heterocycles. The van der Waals surface area contributed by atoms with E-state index in [1.807, 2.05) is 30.3 Å². The SMILES string of the molecule is CC1CC(NS(=O)(=O)Cc2ccccc2)CCN1. The summed E-state index contributed by atoms with van der Waals surface area (Å²) < 4.78 is 26.9. The predicted octanol–water partition coefficient (Wildman–Crippen LogP) is 1.25. The lowest BCUT2D eigenvalue weighted by Crippen LogP contribution is -2.46. The third kappa shape index (κ3) is 4.08. The van der Waals surface area contributed by atoms with Crippen LogP contribution in [0.25, 0.3) is 0 Å². The van der Waals surface area contributed by atoms with Crippen LogP contribution in [0.5, 0.6) is 0 Å². The van der Waals surface area contributed by atoms with E-state index >= 15 is 0 Å². The van der Waals surface area contributed by atoms with Crippen LogP contribution in [0.1, 0.15) is 25.3 Å². The first-order chi connectivity index (χ1) is 8.55. The lowest BCUT2D eigenvalue weighted by molar-refractivity contribution is 0.361. The Labute approximate surface area is 109 Å². The third-order valence-corrected chi connectivity index (χ3v) is 4.58. The minimum absolute atomic E-state index is 0.0617. The molecule has 4 nitrogen and oxygen atoms in total. The highest BCUT2D eigenvalue weighted by Crippen LogP contribution is 2.11. The molecule has 0 spiro atoms. The molecule has 0 radical (unpaired) electrons. The molecule has 0 saturated carbocycles. The minimum atomic E-state index is -3.24. The van der Waals surface area contributed by atoms with Gasteiger partial charge in [0.1, 0.15) is 0 Å². The number of nitrogens with one attached hydrogen (secondary N) is 2. The van der Waals surface area contributed by atoms with Crippen molar-refractivity contribution >= 4 is 10.0 Å². The molecule has 0 aromatic heterocycles. The van der Waals surface area contributed by atoms with Crippen molar-refractivity contribution in [1.29, 1.82) is 0 Å². The van der Waals surface area contributed by atoms with Crippen molar-refractivity contribution in [2.24, 2.45) is 0 Å². The second kappa shape index (κ2) is 5.82. The normalized spacial score (nSPS) is 24.9. The van der Waals surface area contributed by atoms with E-state index in [2.05, 4.69) is 17.0 Å². The molecular weight excluding hydrogens is 248 g/mol. The molecule has 2 atom stereocenters. The van der Waals surface area contributed by atoms with Crippen LogP contribution < -0.4 is 10.0 Å². The number of rotatable bonds is 4. The minimum Gasteiger partial charge on any atom is -0.314 e. The molecule has 2 rings (SSSR count). The van der Waals surface area contributed by atoms with Crippen molar-refractivity contribution < 1.29 is 8.42 Å². The van der Waals surface area contributed by atoms with Gasteiger partial charge in [-0.25, -0.2) is 13.1 Å². The number of sulfonamides is 1. The van der Waals surface area contributed by atoms with Crippen LogP contribution in [-0.2, 0) is 15.8 Å². The molecule has 18 heavy (non-hydrogen) atoms. The topological polar surface area (TPSA) is 58.2 Å². The fourth-order valence-corrected chi connectivity index (χ4v) is 3.76. The Bertz CT molecular complexity index is 473. The summed E-state index contributed by atoms with van der Waals surface area (Å²) in [6.45, 7) is 2.96. The molecule has 1 aliphatic rings. The highest BCUT2D eigenvalue weighted by molar-refractivity contribution is 7.88. The average molecular weight is 268 g/mol. The number of hydrogen-bond donors (Lipinski definition) is 2. The molecule has 1 aromatic rings. The van der Waals surface area contributed by atoms with E-state index in [0.717, 1.165) is 24.9 Å². The Morgan fingerprint density at radius 1 is 1.33 bits per heavy atom. The van der Waals surface area contributed by atoms with E-state index in [-0.39, 0.29) is 11.8 Å². The van der Waals surface area contributed by atoms with Gasteiger partial charge in [0, 0.05) is 12.1 Å². The highest BCUT2D eigenvalue weighted by Gasteiger charge is 2.23. The van der Waals surface area contributed by atoms with E-state index in [1.165, 1.54) is 0 Å². The summed E-state index contributed by atoms with van der Waals surface area (Å²) in [7, 11) is -3.24. The fraction of sp³-hybridized carbons (Fsp3) is 0.538. The number of piperidine rings is 1. The Hall–Kier alpha value is -0.910. The van der Waals surface area contributed by atoms with Crippen molar-refractivity contribution in [3.63, 3.8) is 0 Å². The fourth-order valence-electron chi connectivity index (χ4n) is 2.33. The summed E-state index contributed by atoms with van der Waals surface area (Å²) >= 11 is 0. The quantitative estimate of drug-likeness (QED) is 0.864. The summed E-state index contributed by atoms with van der Waals surface area (Å²) in [5.74, 6) is 0.0617. The molecule has 2 unspecified atom stereocenters. The lowest BCUT2D eigenvalue weighted by atomic mass is 10.0. The molecule has 5 heteroatoms.